The Morgan fingerprint density at radius 3 is 3.00 bits per heavy atom. The summed E-state index contributed by atoms with van der Waals surface area (Å²) in [5.41, 5.74) is 2.05. The smallest absolute Gasteiger partial charge is 0.244 e. The zero-order valence-corrected chi connectivity index (χ0v) is 12.4. The average molecular weight is 316 g/mol. The van der Waals surface area contributed by atoms with Gasteiger partial charge in [-0.2, -0.15) is 0 Å². The van der Waals surface area contributed by atoms with E-state index in [2.05, 4.69) is 10.3 Å². The molecule has 0 radical (unpaired) electrons. The summed E-state index contributed by atoms with van der Waals surface area (Å²) in [6.07, 6.45) is 4.94. The Balaban J connectivity index is 1.80. The van der Waals surface area contributed by atoms with Gasteiger partial charge in [0.25, 0.3) is 0 Å². The number of aliphatic hydroxyl groups excluding tert-OH is 1. The predicted octanol–water partition coefficient (Wildman–Crippen LogP) is 2.82. The number of fused-ring (bicyclic) bond motifs is 1. The van der Waals surface area contributed by atoms with E-state index < -0.39 is 0 Å². The Morgan fingerprint density at radius 1 is 1.32 bits per heavy atom. The predicted molar refractivity (Wildman–Crippen MR) is 85.7 cm³/mol. The second-order valence-electron chi connectivity index (χ2n) is 4.89. The molecule has 6 heteroatoms. The van der Waals surface area contributed by atoms with Crippen molar-refractivity contribution in [3.63, 3.8) is 0 Å². The summed E-state index contributed by atoms with van der Waals surface area (Å²) in [7, 11) is 0. The molecule has 5 nitrogen and oxygen atoms in total. The van der Waals surface area contributed by atoms with E-state index in [1.54, 1.807) is 12.3 Å². The van der Waals surface area contributed by atoms with Crippen LogP contribution < -0.4 is 5.32 Å². The molecule has 1 amide bonds. The molecule has 0 saturated heterocycles. The molecule has 1 aromatic carbocycles. The highest BCUT2D eigenvalue weighted by Gasteiger charge is 2.09. The third kappa shape index (κ3) is 2.95. The minimum atomic E-state index is -0.194. The first-order valence-corrected chi connectivity index (χ1v) is 7.13. The third-order valence-electron chi connectivity index (χ3n) is 3.41. The molecule has 0 fully saturated rings. The topological polar surface area (TPSA) is 67.2 Å². The molecule has 0 saturated carbocycles. The standard InChI is InChI=1S/C16H14ClN3O2/c17-13-2-1-11-4-6-20(15(11)7-13)9-16(22)19-14-8-18-5-3-12(14)10-21/h1-8,21H,9-10H2,(H,19,22). The molecule has 0 bridgehead atoms. The van der Waals surface area contributed by atoms with E-state index in [-0.39, 0.29) is 19.1 Å². The minimum absolute atomic E-state index is 0.153. The molecule has 2 heterocycles. The maximum absolute atomic E-state index is 12.2. The van der Waals surface area contributed by atoms with Gasteiger partial charge >= 0.3 is 0 Å². The number of benzene rings is 1. The summed E-state index contributed by atoms with van der Waals surface area (Å²) in [5.74, 6) is -0.194. The number of carbonyl (C=O) groups excluding carboxylic acids is 1. The highest BCUT2D eigenvalue weighted by atomic mass is 35.5. The number of anilines is 1. The molecule has 2 aromatic heterocycles. The van der Waals surface area contributed by atoms with Crippen molar-refractivity contribution in [1.82, 2.24) is 9.55 Å². The summed E-state index contributed by atoms with van der Waals surface area (Å²) in [4.78, 5) is 16.2. The number of amides is 1. The number of hydrogen-bond acceptors (Lipinski definition) is 3. The number of aliphatic hydroxyl groups is 1. The van der Waals surface area contributed by atoms with E-state index in [1.807, 2.05) is 35.0 Å². The SMILES string of the molecule is O=C(Cn1ccc2ccc(Cl)cc21)Nc1cnccc1CO. The van der Waals surface area contributed by atoms with Gasteiger partial charge in [0.05, 0.1) is 18.5 Å². The summed E-state index contributed by atoms with van der Waals surface area (Å²) >= 11 is 6.00. The van der Waals surface area contributed by atoms with Crippen LogP contribution in [-0.2, 0) is 17.9 Å². The lowest BCUT2D eigenvalue weighted by molar-refractivity contribution is -0.116. The van der Waals surface area contributed by atoms with Crippen LogP contribution in [0.4, 0.5) is 5.69 Å². The van der Waals surface area contributed by atoms with Gasteiger partial charge in [0.2, 0.25) is 5.91 Å². The quantitative estimate of drug-likeness (QED) is 0.778. The Hall–Kier alpha value is -2.37. The van der Waals surface area contributed by atoms with Crippen LogP contribution in [0.1, 0.15) is 5.56 Å². The highest BCUT2D eigenvalue weighted by molar-refractivity contribution is 6.31. The number of nitrogens with zero attached hydrogens (tertiary/aromatic N) is 2. The minimum Gasteiger partial charge on any atom is -0.392 e. The van der Waals surface area contributed by atoms with Crippen molar-refractivity contribution >= 4 is 34.1 Å². The van der Waals surface area contributed by atoms with Crippen molar-refractivity contribution in [3.05, 3.63) is 59.5 Å². The van der Waals surface area contributed by atoms with Crippen LogP contribution in [-0.4, -0.2) is 20.6 Å². The van der Waals surface area contributed by atoms with Gasteiger partial charge in [0, 0.05) is 28.5 Å². The number of halogens is 1. The Labute approximate surface area is 132 Å². The number of carbonyl (C=O) groups is 1. The fourth-order valence-electron chi connectivity index (χ4n) is 2.31. The number of aromatic nitrogens is 2. The fourth-order valence-corrected chi connectivity index (χ4v) is 2.48. The molecule has 3 rings (SSSR count). The van der Waals surface area contributed by atoms with E-state index >= 15 is 0 Å². The lowest BCUT2D eigenvalue weighted by atomic mass is 10.2. The van der Waals surface area contributed by atoms with Crippen LogP contribution in [0.2, 0.25) is 5.02 Å². The van der Waals surface area contributed by atoms with Gasteiger partial charge in [-0.25, -0.2) is 0 Å². The lowest BCUT2D eigenvalue weighted by Gasteiger charge is -2.10. The van der Waals surface area contributed by atoms with Crippen molar-refractivity contribution in [3.8, 4) is 0 Å². The monoisotopic (exact) mass is 315 g/mol. The summed E-state index contributed by atoms with van der Waals surface area (Å²) in [5, 5.41) is 13.7. The normalized spacial score (nSPS) is 10.8. The number of hydrogen-bond donors (Lipinski definition) is 2. The van der Waals surface area contributed by atoms with E-state index in [0.29, 0.717) is 16.3 Å². The zero-order chi connectivity index (χ0) is 15.5. The molecular formula is C16H14ClN3O2. The number of nitrogens with one attached hydrogen (secondary N) is 1. The van der Waals surface area contributed by atoms with E-state index in [9.17, 15) is 9.90 Å². The molecule has 3 aromatic rings. The number of rotatable bonds is 4. The van der Waals surface area contributed by atoms with Crippen molar-refractivity contribution in [2.45, 2.75) is 13.2 Å². The molecule has 0 atom stereocenters. The van der Waals surface area contributed by atoms with Gasteiger partial charge < -0.3 is 15.0 Å². The first kappa shape index (κ1) is 14.6. The second kappa shape index (κ2) is 6.17. The summed E-state index contributed by atoms with van der Waals surface area (Å²) in [6, 6.07) is 9.16. The molecule has 22 heavy (non-hydrogen) atoms. The Kier molecular flexibility index (Phi) is 4.09. The van der Waals surface area contributed by atoms with Gasteiger partial charge in [-0.05, 0) is 29.7 Å². The average Bonchev–Trinajstić information content (AvgIpc) is 2.90. The molecule has 0 aliphatic carbocycles. The highest BCUT2D eigenvalue weighted by Crippen LogP contribution is 2.21. The van der Waals surface area contributed by atoms with Crippen LogP contribution in [0, 0.1) is 0 Å². The van der Waals surface area contributed by atoms with Gasteiger partial charge in [-0.3, -0.25) is 9.78 Å². The first-order chi connectivity index (χ1) is 10.7. The number of pyridine rings is 1. The van der Waals surface area contributed by atoms with E-state index in [4.69, 9.17) is 11.6 Å². The fraction of sp³-hybridized carbons (Fsp3) is 0.125. The molecule has 0 aliphatic heterocycles. The molecule has 0 aliphatic rings. The lowest BCUT2D eigenvalue weighted by Crippen LogP contribution is -2.19. The molecule has 0 unspecified atom stereocenters. The van der Waals surface area contributed by atoms with Gasteiger partial charge in [0.15, 0.2) is 0 Å². The van der Waals surface area contributed by atoms with Gasteiger partial charge in [-0.15, -0.1) is 0 Å². The van der Waals surface area contributed by atoms with Crippen LogP contribution >= 0.6 is 11.6 Å². The van der Waals surface area contributed by atoms with Crippen molar-refractivity contribution in [1.29, 1.82) is 0 Å². The first-order valence-electron chi connectivity index (χ1n) is 6.75. The van der Waals surface area contributed by atoms with Crippen LogP contribution in [0.15, 0.2) is 48.9 Å². The van der Waals surface area contributed by atoms with Gasteiger partial charge in [-0.1, -0.05) is 17.7 Å². The van der Waals surface area contributed by atoms with Crippen LogP contribution in [0.3, 0.4) is 0 Å². The third-order valence-corrected chi connectivity index (χ3v) is 3.64. The zero-order valence-electron chi connectivity index (χ0n) is 11.7. The summed E-state index contributed by atoms with van der Waals surface area (Å²) < 4.78 is 1.82. The van der Waals surface area contributed by atoms with Crippen LogP contribution in [0.5, 0.6) is 0 Å². The van der Waals surface area contributed by atoms with Crippen molar-refractivity contribution in [2.24, 2.45) is 0 Å². The molecule has 0 spiro atoms. The molecule has 112 valence electrons. The largest absolute Gasteiger partial charge is 0.392 e. The van der Waals surface area contributed by atoms with Gasteiger partial charge in [0.1, 0.15) is 6.54 Å². The Morgan fingerprint density at radius 2 is 2.18 bits per heavy atom. The van der Waals surface area contributed by atoms with Crippen molar-refractivity contribution < 1.29 is 9.90 Å². The van der Waals surface area contributed by atoms with Crippen LogP contribution in [0.25, 0.3) is 10.9 Å². The van der Waals surface area contributed by atoms with Crippen molar-refractivity contribution in [2.75, 3.05) is 5.32 Å². The van der Waals surface area contributed by atoms with E-state index in [0.717, 1.165) is 10.9 Å². The maximum atomic E-state index is 12.2. The maximum Gasteiger partial charge on any atom is 0.244 e. The molecular weight excluding hydrogens is 302 g/mol. The summed E-state index contributed by atoms with van der Waals surface area (Å²) in [6.45, 7) is 0.00377. The molecule has 2 N–H and O–H groups in total. The second-order valence-corrected chi connectivity index (χ2v) is 5.32. The Bertz CT molecular complexity index is 829. The van der Waals surface area contributed by atoms with E-state index in [1.165, 1.54) is 6.20 Å².